The van der Waals surface area contributed by atoms with E-state index in [9.17, 15) is 22.8 Å². The van der Waals surface area contributed by atoms with Gasteiger partial charge < -0.3 is 29.8 Å². The number of nitrogens with one attached hydrogen (secondary N) is 2. The molecule has 3 N–H and O–H groups in total. The van der Waals surface area contributed by atoms with Gasteiger partial charge in [0, 0.05) is 23.2 Å². The van der Waals surface area contributed by atoms with Gasteiger partial charge in [-0.3, -0.25) is 0 Å². The monoisotopic (exact) mass is 518 g/mol. The third-order valence-corrected chi connectivity index (χ3v) is 7.16. The van der Waals surface area contributed by atoms with Gasteiger partial charge in [0.25, 0.3) is 0 Å². The lowest BCUT2D eigenvalue weighted by atomic mass is 10.0. The Hall–Kier alpha value is -3.00. The maximum atomic E-state index is 13.4. The minimum atomic E-state index is -4.40. The van der Waals surface area contributed by atoms with Gasteiger partial charge in [-0.15, -0.1) is 0 Å². The van der Waals surface area contributed by atoms with Crippen molar-refractivity contribution in [1.82, 2.24) is 9.47 Å². The molecule has 0 aliphatic carbocycles. The largest absolute Gasteiger partial charge is 0.612 e. The Morgan fingerprint density at radius 1 is 1.14 bits per heavy atom. The fraction of sp³-hybridized carbons (Fsp3) is 0.385. The highest BCUT2D eigenvalue weighted by atomic mass is 32.2. The minimum absolute atomic E-state index is 0.0692. The summed E-state index contributed by atoms with van der Waals surface area (Å²) in [5.41, 5.74) is 1.95. The number of rotatable bonds is 6. The molecule has 192 valence electrons. The first-order valence-corrected chi connectivity index (χ1v) is 13.2. The number of likely N-dealkylation sites (tertiary alicyclic amines) is 1. The van der Waals surface area contributed by atoms with Gasteiger partial charge in [0.2, 0.25) is 0 Å². The number of benzene rings is 2. The second kappa shape index (κ2) is 10.9. The standard InChI is InChI=1S/C26H29F3N4O2S/c1-32-13-10-18(11-14-32)31-22-6-3-7-24-21(22)15-19(33(24)17-26(27,28)29)5-4-12-30-23-9-8-20(36(2)35)16-25(23)34/h3,6-9,15-16,18,30-31,34H,10-14,17H2,1-2H3. The van der Waals surface area contributed by atoms with E-state index in [0.717, 1.165) is 31.6 Å². The molecule has 4 rings (SSSR count). The van der Waals surface area contributed by atoms with Gasteiger partial charge in [-0.1, -0.05) is 12.0 Å². The number of aromatic nitrogens is 1. The third-order valence-electron chi connectivity index (χ3n) is 6.25. The fourth-order valence-electron chi connectivity index (χ4n) is 4.35. The maximum Gasteiger partial charge on any atom is 0.406 e. The average Bonchev–Trinajstić information content (AvgIpc) is 3.15. The lowest BCUT2D eigenvalue weighted by Crippen LogP contribution is -2.36. The molecule has 6 nitrogen and oxygen atoms in total. The molecule has 0 amide bonds. The van der Waals surface area contributed by atoms with Crippen molar-refractivity contribution in [1.29, 1.82) is 0 Å². The molecule has 1 aliphatic heterocycles. The van der Waals surface area contributed by atoms with Crippen LogP contribution in [0.5, 0.6) is 5.75 Å². The summed E-state index contributed by atoms with van der Waals surface area (Å²) in [5.74, 6) is 5.66. The zero-order valence-corrected chi connectivity index (χ0v) is 21.0. The average molecular weight is 519 g/mol. The summed E-state index contributed by atoms with van der Waals surface area (Å²) in [5, 5.41) is 17.3. The highest BCUT2D eigenvalue weighted by Gasteiger charge is 2.30. The van der Waals surface area contributed by atoms with Gasteiger partial charge in [0.05, 0.1) is 23.4 Å². The summed E-state index contributed by atoms with van der Waals surface area (Å²) in [7, 11) is 2.08. The number of alkyl halides is 3. The predicted octanol–water partition coefficient (Wildman–Crippen LogP) is 4.62. The Bertz CT molecular complexity index is 1270. The minimum Gasteiger partial charge on any atom is -0.612 e. The molecule has 2 heterocycles. The second-order valence-electron chi connectivity index (χ2n) is 8.98. The van der Waals surface area contributed by atoms with E-state index >= 15 is 0 Å². The van der Waals surface area contributed by atoms with Gasteiger partial charge in [-0.05, 0) is 80.4 Å². The van der Waals surface area contributed by atoms with E-state index in [4.69, 9.17) is 0 Å². The van der Waals surface area contributed by atoms with Crippen LogP contribution in [-0.4, -0.2) is 64.3 Å². The van der Waals surface area contributed by atoms with Crippen molar-refractivity contribution < 1.29 is 22.8 Å². The molecule has 36 heavy (non-hydrogen) atoms. The zero-order valence-electron chi connectivity index (χ0n) is 20.2. The Morgan fingerprint density at radius 2 is 1.89 bits per heavy atom. The van der Waals surface area contributed by atoms with E-state index in [2.05, 4.69) is 34.4 Å². The summed E-state index contributed by atoms with van der Waals surface area (Å²) in [6.45, 7) is 0.917. The first-order valence-electron chi connectivity index (χ1n) is 11.6. The molecular weight excluding hydrogens is 489 g/mol. The summed E-state index contributed by atoms with van der Waals surface area (Å²) in [6, 6.07) is 11.9. The third kappa shape index (κ3) is 6.40. The molecule has 0 saturated carbocycles. The normalized spacial score (nSPS) is 15.9. The van der Waals surface area contributed by atoms with Crippen LogP contribution in [0.3, 0.4) is 0 Å². The van der Waals surface area contributed by atoms with Crippen LogP contribution in [0.4, 0.5) is 24.5 Å². The summed E-state index contributed by atoms with van der Waals surface area (Å²) >= 11 is -1.22. The molecule has 10 heteroatoms. The van der Waals surface area contributed by atoms with E-state index < -0.39 is 23.9 Å². The number of aromatic hydroxyl groups is 1. The first-order chi connectivity index (χ1) is 17.1. The Kier molecular flexibility index (Phi) is 7.93. The van der Waals surface area contributed by atoms with Crippen molar-refractivity contribution >= 4 is 33.5 Å². The number of anilines is 2. The van der Waals surface area contributed by atoms with Crippen LogP contribution in [0.15, 0.2) is 47.4 Å². The van der Waals surface area contributed by atoms with Crippen LogP contribution in [0.25, 0.3) is 10.9 Å². The van der Waals surface area contributed by atoms with Crippen LogP contribution >= 0.6 is 0 Å². The molecule has 1 aliphatic rings. The van der Waals surface area contributed by atoms with Crippen molar-refractivity contribution in [2.24, 2.45) is 0 Å². The number of fused-ring (bicyclic) bond motifs is 1. The molecule has 0 radical (unpaired) electrons. The van der Waals surface area contributed by atoms with E-state index in [1.165, 1.54) is 16.9 Å². The molecular formula is C26H29F3N4O2S. The van der Waals surface area contributed by atoms with Gasteiger partial charge >= 0.3 is 6.18 Å². The Balaban J connectivity index is 1.57. The summed E-state index contributed by atoms with van der Waals surface area (Å²) < 4.78 is 53.0. The van der Waals surface area contributed by atoms with Crippen molar-refractivity contribution in [3.05, 3.63) is 48.2 Å². The molecule has 0 bridgehead atoms. The van der Waals surface area contributed by atoms with E-state index in [1.807, 2.05) is 6.07 Å². The molecule has 1 unspecified atom stereocenters. The quantitative estimate of drug-likeness (QED) is 0.252. The van der Waals surface area contributed by atoms with Crippen molar-refractivity contribution in [2.45, 2.75) is 36.5 Å². The van der Waals surface area contributed by atoms with Crippen molar-refractivity contribution in [3.8, 4) is 17.6 Å². The van der Waals surface area contributed by atoms with E-state index in [-0.39, 0.29) is 24.0 Å². The lowest BCUT2D eigenvalue weighted by Gasteiger charge is -2.30. The molecule has 1 fully saturated rings. The number of piperidine rings is 1. The van der Waals surface area contributed by atoms with Crippen LogP contribution in [0.1, 0.15) is 18.5 Å². The van der Waals surface area contributed by atoms with Crippen molar-refractivity contribution in [3.63, 3.8) is 0 Å². The van der Waals surface area contributed by atoms with Gasteiger partial charge in [0.15, 0.2) is 4.90 Å². The molecule has 1 aromatic heterocycles. The predicted molar refractivity (Wildman–Crippen MR) is 138 cm³/mol. The van der Waals surface area contributed by atoms with Crippen LogP contribution in [0, 0.1) is 11.8 Å². The number of hydrogen-bond donors (Lipinski definition) is 3. The summed E-state index contributed by atoms with van der Waals surface area (Å²) in [4.78, 5) is 2.75. The number of nitrogens with zero attached hydrogens (tertiary/aromatic N) is 2. The molecule has 0 spiro atoms. The molecule has 1 saturated heterocycles. The number of phenolic OH excluding ortho intramolecular Hbond substituents is 1. The van der Waals surface area contributed by atoms with Crippen LogP contribution < -0.4 is 10.6 Å². The topological polar surface area (TPSA) is 75.5 Å². The molecule has 3 aromatic rings. The molecule has 1 atom stereocenters. The van der Waals surface area contributed by atoms with Crippen molar-refractivity contribution in [2.75, 3.05) is 43.6 Å². The number of halogens is 3. The maximum absolute atomic E-state index is 13.4. The highest BCUT2D eigenvalue weighted by Crippen LogP contribution is 2.31. The van der Waals surface area contributed by atoms with Gasteiger partial charge in [0.1, 0.15) is 18.6 Å². The molecule has 2 aromatic carbocycles. The highest BCUT2D eigenvalue weighted by molar-refractivity contribution is 7.90. The smallest absolute Gasteiger partial charge is 0.406 e. The lowest BCUT2D eigenvalue weighted by molar-refractivity contribution is -0.140. The number of hydrogen-bond acceptors (Lipinski definition) is 5. The SMILES string of the molecule is CN1CCC(Nc2cccc3c2cc(C#CCNc2ccc([S+](C)[O-])cc2O)n3CC(F)(F)F)CC1. The van der Waals surface area contributed by atoms with E-state index in [0.29, 0.717) is 21.5 Å². The second-order valence-corrected chi connectivity index (χ2v) is 10.4. The van der Waals surface area contributed by atoms with E-state index in [1.54, 1.807) is 30.3 Å². The van der Waals surface area contributed by atoms with Crippen LogP contribution in [0.2, 0.25) is 0 Å². The van der Waals surface area contributed by atoms with Crippen LogP contribution in [-0.2, 0) is 17.7 Å². The first kappa shape index (κ1) is 26.1. The Labute approximate surface area is 211 Å². The Morgan fingerprint density at radius 3 is 2.56 bits per heavy atom. The zero-order chi connectivity index (χ0) is 25.9. The number of phenols is 1. The fourth-order valence-corrected chi connectivity index (χ4v) is 4.89. The van der Waals surface area contributed by atoms with Gasteiger partial charge in [-0.25, -0.2) is 0 Å². The van der Waals surface area contributed by atoms with Gasteiger partial charge in [-0.2, -0.15) is 13.2 Å². The summed E-state index contributed by atoms with van der Waals surface area (Å²) in [6.07, 6.45) is -0.945.